The molecule has 31 heavy (non-hydrogen) atoms. The summed E-state index contributed by atoms with van der Waals surface area (Å²) in [5, 5.41) is 9.27. The summed E-state index contributed by atoms with van der Waals surface area (Å²) in [6.07, 6.45) is 4.72. The Morgan fingerprint density at radius 3 is 2.87 bits per heavy atom. The summed E-state index contributed by atoms with van der Waals surface area (Å²) in [6, 6.07) is 16.5. The van der Waals surface area contributed by atoms with Crippen LogP contribution in [-0.4, -0.2) is 48.1 Å². The molecule has 0 aliphatic carbocycles. The molecule has 2 bridgehead atoms. The number of methoxy groups -OCH3 is 1. The van der Waals surface area contributed by atoms with Crippen molar-refractivity contribution in [2.45, 2.75) is 44.2 Å². The molecule has 2 aromatic rings. The fourth-order valence-corrected chi connectivity index (χ4v) is 5.93. The molecular formula is C25H28N4O2. The standard InChI is InChI=1S/C25H28N4O2/c1-31-21-7-2-5-17(11-21)12-23-19-13-18(22-8-4-10-25(30)29(22)23)15-28(16-19)24-9-3-6-20(14-26)27-24/h2-3,5-7,9,11,18-19,22-23H,4,8,10,12-13,15-16H2,1H3/t18-,19+,22+,23+/m1/s1. The van der Waals surface area contributed by atoms with E-state index in [-0.39, 0.29) is 6.04 Å². The Morgan fingerprint density at radius 2 is 2.03 bits per heavy atom. The van der Waals surface area contributed by atoms with Gasteiger partial charge >= 0.3 is 0 Å². The quantitative estimate of drug-likeness (QED) is 0.764. The Kier molecular flexibility index (Phi) is 5.27. The lowest BCUT2D eigenvalue weighted by Gasteiger charge is -2.57. The summed E-state index contributed by atoms with van der Waals surface area (Å²) in [4.78, 5) is 22.2. The first-order valence-corrected chi connectivity index (χ1v) is 11.2. The highest BCUT2D eigenvalue weighted by Crippen LogP contribution is 2.43. The number of rotatable bonds is 4. The van der Waals surface area contributed by atoms with E-state index >= 15 is 0 Å². The number of anilines is 1. The molecule has 3 aliphatic heterocycles. The van der Waals surface area contributed by atoms with Gasteiger partial charge in [0.15, 0.2) is 0 Å². The van der Waals surface area contributed by atoms with Crippen molar-refractivity contribution in [3.05, 3.63) is 53.7 Å². The van der Waals surface area contributed by atoms with Crippen molar-refractivity contribution in [3.8, 4) is 11.8 Å². The molecule has 0 saturated carbocycles. The molecule has 6 heteroatoms. The lowest BCUT2D eigenvalue weighted by atomic mass is 9.70. The van der Waals surface area contributed by atoms with E-state index in [1.165, 1.54) is 5.56 Å². The minimum atomic E-state index is 0.183. The maximum Gasteiger partial charge on any atom is 0.223 e. The number of piperidine rings is 3. The molecule has 0 spiro atoms. The summed E-state index contributed by atoms with van der Waals surface area (Å²) in [6.45, 7) is 1.77. The van der Waals surface area contributed by atoms with Crippen molar-refractivity contribution < 1.29 is 9.53 Å². The topological polar surface area (TPSA) is 69.5 Å². The Hall–Kier alpha value is -3.07. The Bertz CT molecular complexity index is 1020. The second-order valence-electron chi connectivity index (χ2n) is 9.04. The van der Waals surface area contributed by atoms with Crippen molar-refractivity contribution >= 4 is 11.7 Å². The monoisotopic (exact) mass is 416 g/mol. The van der Waals surface area contributed by atoms with Crippen LogP contribution in [0.3, 0.4) is 0 Å². The number of carbonyl (C=O) groups excluding carboxylic acids is 1. The SMILES string of the molecule is COc1cccc(C[C@H]2[C@H]3C[C@H](CN(c4cccc(C#N)n4)C3)[C@@H]3CCCC(=O)N32)c1. The smallest absolute Gasteiger partial charge is 0.223 e. The summed E-state index contributed by atoms with van der Waals surface area (Å²) in [5.74, 6) is 2.89. The molecule has 1 aromatic carbocycles. The first-order chi connectivity index (χ1) is 15.2. The van der Waals surface area contributed by atoms with Gasteiger partial charge in [-0.15, -0.1) is 0 Å². The van der Waals surface area contributed by atoms with Crippen molar-refractivity contribution in [2.75, 3.05) is 25.1 Å². The number of nitriles is 1. The second-order valence-corrected chi connectivity index (χ2v) is 9.04. The predicted octanol–water partition coefficient (Wildman–Crippen LogP) is 3.41. The molecule has 0 unspecified atom stereocenters. The third-order valence-corrected chi connectivity index (χ3v) is 7.25. The minimum Gasteiger partial charge on any atom is -0.497 e. The first kappa shape index (κ1) is 19.9. The van der Waals surface area contributed by atoms with Gasteiger partial charge in [-0.2, -0.15) is 5.26 Å². The molecule has 0 N–H and O–H groups in total. The van der Waals surface area contributed by atoms with Gasteiger partial charge in [0.2, 0.25) is 5.91 Å². The van der Waals surface area contributed by atoms with Crippen LogP contribution in [0, 0.1) is 23.2 Å². The maximum atomic E-state index is 13.1. The van der Waals surface area contributed by atoms with Crippen molar-refractivity contribution in [1.29, 1.82) is 5.26 Å². The van der Waals surface area contributed by atoms with Crippen LogP contribution in [0.5, 0.6) is 5.75 Å². The largest absolute Gasteiger partial charge is 0.497 e. The number of nitrogens with zero attached hydrogens (tertiary/aromatic N) is 4. The number of aromatic nitrogens is 1. The number of hydrogen-bond acceptors (Lipinski definition) is 5. The van der Waals surface area contributed by atoms with Crippen LogP contribution in [0.15, 0.2) is 42.5 Å². The van der Waals surface area contributed by atoms with Crippen molar-refractivity contribution in [2.24, 2.45) is 11.8 Å². The number of fused-ring (bicyclic) bond motifs is 4. The third kappa shape index (κ3) is 3.74. The molecule has 3 aliphatic rings. The van der Waals surface area contributed by atoms with Crippen LogP contribution >= 0.6 is 0 Å². The summed E-state index contributed by atoms with van der Waals surface area (Å²) >= 11 is 0. The molecule has 4 heterocycles. The van der Waals surface area contributed by atoms with Crippen LogP contribution in [0.4, 0.5) is 5.82 Å². The number of benzene rings is 1. The van der Waals surface area contributed by atoms with Crippen molar-refractivity contribution in [1.82, 2.24) is 9.88 Å². The van der Waals surface area contributed by atoms with Gasteiger partial charge in [-0.25, -0.2) is 4.98 Å². The Labute approximate surface area is 183 Å². The van der Waals surface area contributed by atoms with E-state index in [2.05, 4.69) is 33.0 Å². The zero-order chi connectivity index (χ0) is 21.4. The first-order valence-electron chi connectivity index (χ1n) is 11.2. The predicted molar refractivity (Wildman–Crippen MR) is 118 cm³/mol. The highest BCUT2D eigenvalue weighted by molar-refractivity contribution is 5.78. The van der Waals surface area contributed by atoms with E-state index in [9.17, 15) is 10.1 Å². The molecular weight excluding hydrogens is 388 g/mol. The molecule has 5 rings (SSSR count). The van der Waals surface area contributed by atoms with Crippen LogP contribution in [0.25, 0.3) is 0 Å². The zero-order valence-corrected chi connectivity index (χ0v) is 17.9. The molecule has 0 radical (unpaired) electrons. The van der Waals surface area contributed by atoms with Gasteiger partial charge in [0.1, 0.15) is 23.3 Å². The molecule has 3 fully saturated rings. The van der Waals surface area contributed by atoms with E-state index in [0.717, 1.165) is 50.3 Å². The van der Waals surface area contributed by atoms with Gasteiger partial charge < -0.3 is 14.5 Å². The highest BCUT2D eigenvalue weighted by Gasteiger charge is 2.49. The van der Waals surface area contributed by atoms with Crippen LogP contribution in [-0.2, 0) is 11.2 Å². The van der Waals surface area contributed by atoms with Crippen LogP contribution < -0.4 is 9.64 Å². The van der Waals surface area contributed by atoms with Crippen LogP contribution in [0.1, 0.15) is 36.9 Å². The van der Waals surface area contributed by atoms with Crippen molar-refractivity contribution in [3.63, 3.8) is 0 Å². The van der Waals surface area contributed by atoms with Gasteiger partial charge in [0.05, 0.1) is 7.11 Å². The Balaban J connectivity index is 1.47. The number of ether oxygens (including phenoxy) is 1. The highest BCUT2D eigenvalue weighted by atomic mass is 16.5. The number of amides is 1. The molecule has 3 saturated heterocycles. The number of hydrogen-bond donors (Lipinski definition) is 0. The third-order valence-electron chi connectivity index (χ3n) is 7.25. The normalized spacial score (nSPS) is 27.4. The second kappa shape index (κ2) is 8.22. The average molecular weight is 417 g/mol. The molecule has 6 nitrogen and oxygen atoms in total. The van der Waals surface area contributed by atoms with Gasteiger partial charge in [-0.1, -0.05) is 18.2 Å². The lowest BCUT2D eigenvalue weighted by molar-refractivity contribution is -0.148. The van der Waals surface area contributed by atoms with E-state index in [1.54, 1.807) is 13.2 Å². The molecule has 1 amide bonds. The van der Waals surface area contributed by atoms with E-state index in [0.29, 0.717) is 35.9 Å². The molecule has 4 atom stereocenters. The van der Waals surface area contributed by atoms with E-state index in [4.69, 9.17) is 4.74 Å². The summed E-state index contributed by atoms with van der Waals surface area (Å²) in [7, 11) is 1.69. The summed E-state index contributed by atoms with van der Waals surface area (Å²) in [5.41, 5.74) is 1.66. The molecule has 1 aromatic heterocycles. The van der Waals surface area contributed by atoms with Crippen LogP contribution in [0.2, 0.25) is 0 Å². The zero-order valence-electron chi connectivity index (χ0n) is 17.9. The average Bonchev–Trinajstić information content (AvgIpc) is 2.82. The number of pyridine rings is 1. The fourth-order valence-electron chi connectivity index (χ4n) is 5.93. The fraction of sp³-hybridized carbons (Fsp3) is 0.480. The minimum absolute atomic E-state index is 0.183. The van der Waals surface area contributed by atoms with E-state index in [1.807, 2.05) is 24.3 Å². The summed E-state index contributed by atoms with van der Waals surface area (Å²) < 4.78 is 5.43. The Morgan fingerprint density at radius 1 is 1.19 bits per heavy atom. The van der Waals surface area contributed by atoms with Gasteiger partial charge in [-0.3, -0.25) is 4.79 Å². The van der Waals surface area contributed by atoms with Gasteiger partial charge in [0, 0.05) is 31.6 Å². The molecule has 160 valence electrons. The lowest BCUT2D eigenvalue weighted by Crippen LogP contribution is -2.65. The van der Waals surface area contributed by atoms with Gasteiger partial charge in [-0.05, 0) is 67.3 Å². The maximum absolute atomic E-state index is 13.1. The number of carbonyl (C=O) groups is 1. The van der Waals surface area contributed by atoms with Gasteiger partial charge in [0.25, 0.3) is 0 Å². The van der Waals surface area contributed by atoms with E-state index < -0.39 is 0 Å².